The Morgan fingerprint density at radius 3 is 2.76 bits per heavy atom. The van der Waals surface area contributed by atoms with Gasteiger partial charge in [0.05, 0.1) is 18.3 Å². The van der Waals surface area contributed by atoms with E-state index in [1.807, 2.05) is 59.0 Å². The zero-order valence-electron chi connectivity index (χ0n) is 26.1. The maximum Gasteiger partial charge on any atom is 0.410 e. The number of nitrogens with one attached hydrogen (secondary N) is 1. The van der Waals surface area contributed by atoms with E-state index in [4.69, 9.17) is 19.4 Å². The SMILES string of the molecule is C=CCn1c(=O)c2cnc(Nc3ccc4c(cnn4C)c3)nc2n1-c1cccc(O[C@@H]2CCN(C(=O)OC(C)(C)C)C(C)C2)n1. The number of fused-ring (bicyclic) bond motifs is 2. The van der Waals surface area contributed by atoms with E-state index in [9.17, 15) is 9.59 Å². The van der Waals surface area contributed by atoms with E-state index < -0.39 is 5.60 Å². The van der Waals surface area contributed by atoms with Crippen LogP contribution in [0.4, 0.5) is 16.4 Å². The summed E-state index contributed by atoms with van der Waals surface area (Å²) < 4.78 is 16.9. The highest BCUT2D eigenvalue weighted by molar-refractivity contribution is 5.83. The molecule has 1 amide bonds. The van der Waals surface area contributed by atoms with Crippen LogP contribution in [-0.2, 0) is 18.3 Å². The van der Waals surface area contributed by atoms with Gasteiger partial charge >= 0.3 is 6.09 Å². The number of hydrogen-bond acceptors (Lipinski definition) is 9. The van der Waals surface area contributed by atoms with Crippen LogP contribution in [0.5, 0.6) is 5.88 Å². The largest absolute Gasteiger partial charge is 0.474 e. The first-order chi connectivity index (χ1) is 21.5. The lowest BCUT2D eigenvalue weighted by Crippen LogP contribution is -2.49. The lowest BCUT2D eigenvalue weighted by molar-refractivity contribution is -0.00150. The topological polar surface area (TPSA) is 134 Å². The maximum atomic E-state index is 13.4. The van der Waals surface area contributed by atoms with Crippen LogP contribution in [0.2, 0.25) is 0 Å². The predicted octanol–water partition coefficient (Wildman–Crippen LogP) is 4.96. The average Bonchev–Trinajstić information content (AvgIpc) is 3.48. The lowest BCUT2D eigenvalue weighted by Gasteiger charge is -2.38. The highest BCUT2D eigenvalue weighted by Gasteiger charge is 2.33. The molecule has 1 saturated heterocycles. The van der Waals surface area contributed by atoms with Crippen molar-refractivity contribution in [3.05, 3.63) is 71.8 Å². The molecule has 0 spiro atoms. The van der Waals surface area contributed by atoms with E-state index in [1.165, 1.54) is 10.9 Å². The first-order valence-electron chi connectivity index (χ1n) is 14.9. The van der Waals surface area contributed by atoms with Crippen LogP contribution in [0.15, 0.2) is 66.2 Å². The number of ether oxygens (including phenoxy) is 2. The second kappa shape index (κ2) is 11.7. The normalized spacial score (nSPS) is 17.0. The number of pyridine rings is 1. The molecule has 234 valence electrons. The number of rotatable bonds is 7. The van der Waals surface area contributed by atoms with E-state index >= 15 is 0 Å². The molecule has 0 bridgehead atoms. The number of nitrogens with zero attached hydrogens (tertiary/aromatic N) is 8. The quantitative estimate of drug-likeness (QED) is 0.253. The summed E-state index contributed by atoms with van der Waals surface area (Å²) in [4.78, 5) is 41.8. The minimum absolute atomic E-state index is 0.0607. The summed E-state index contributed by atoms with van der Waals surface area (Å²) in [5, 5.41) is 8.87. The fourth-order valence-corrected chi connectivity index (χ4v) is 5.57. The lowest BCUT2D eigenvalue weighted by atomic mass is 10.0. The molecule has 5 aromatic rings. The van der Waals surface area contributed by atoms with E-state index in [2.05, 4.69) is 22.0 Å². The molecule has 0 radical (unpaired) electrons. The number of hydrogen-bond donors (Lipinski definition) is 1. The van der Waals surface area contributed by atoms with Gasteiger partial charge in [0.25, 0.3) is 5.56 Å². The molecule has 1 aromatic carbocycles. The third kappa shape index (κ3) is 6.10. The van der Waals surface area contributed by atoms with Gasteiger partial charge in [0, 0.05) is 55.8 Å². The van der Waals surface area contributed by atoms with Gasteiger partial charge in [0.1, 0.15) is 17.1 Å². The highest BCUT2D eigenvalue weighted by atomic mass is 16.6. The van der Waals surface area contributed by atoms with Crippen molar-refractivity contribution in [3.8, 4) is 11.7 Å². The molecule has 1 fully saturated rings. The molecule has 0 saturated carbocycles. The van der Waals surface area contributed by atoms with Crippen LogP contribution in [0.3, 0.4) is 0 Å². The number of piperidine rings is 1. The summed E-state index contributed by atoms with van der Waals surface area (Å²) in [7, 11) is 1.89. The number of allylic oxidation sites excluding steroid dienone is 1. The maximum absolute atomic E-state index is 13.4. The van der Waals surface area contributed by atoms with Crippen molar-refractivity contribution in [2.75, 3.05) is 11.9 Å². The Bertz CT molecular complexity index is 1950. The van der Waals surface area contributed by atoms with E-state index in [0.29, 0.717) is 48.1 Å². The van der Waals surface area contributed by atoms with Gasteiger partial charge in [-0.2, -0.15) is 15.1 Å². The fraction of sp³-hybridized carbons (Fsp3) is 0.375. The standard InChI is InChI=1S/C32H37N9O4/c1-7-14-40-29(42)24-19-33-30(35-22-11-12-25-21(17-22)18-34-38(25)6)37-28(24)41(40)26-9-8-10-27(36-26)44-23-13-15-39(20(2)16-23)31(43)45-32(3,4)5/h7-12,17-20,23H,1,13-16H2,2-6H3,(H,33,35,37)/t20?,23-/m1/s1. The van der Waals surface area contributed by atoms with Crippen LogP contribution in [0, 0.1) is 0 Å². The summed E-state index contributed by atoms with van der Waals surface area (Å²) in [6.45, 7) is 12.2. The fourth-order valence-electron chi connectivity index (χ4n) is 5.57. The minimum Gasteiger partial charge on any atom is -0.474 e. The Hall–Kier alpha value is -5.20. The predicted molar refractivity (Wildman–Crippen MR) is 171 cm³/mol. The minimum atomic E-state index is -0.556. The van der Waals surface area contributed by atoms with Crippen molar-refractivity contribution in [1.82, 2.24) is 39.0 Å². The Labute approximate surface area is 260 Å². The van der Waals surface area contributed by atoms with Crippen LogP contribution in [0.25, 0.3) is 27.8 Å². The molecule has 2 atom stereocenters. The molecule has 45 heavy (non-hydrogen) atoms. The van der Waals surface area contributed by atoms with Gasteiger partial charge in [-0.15, -0.1) is 6.58 Å². The van der Waals surface area contributed by atoms with Crippen molar-refractivity contribution in [1.29, 1.82) is 0 Å². The summed E-state index contributed by atoms with van der Waals surface area (Å²) in [6.07, 6.45) is 5.76. The smallest absolute Gasteiger partial charge is 0.410 e. The van der Waals surface area contributed by atoms with Crippen molar-refractivity contribution in [2.24, 2.45) is 7.05 Å². The Kier molecular flexibility index (Phi) is 7.77. The van der Waals surface area contributed by atoms with Crippen molar-refractivity contribution in [3.63, 3.8) is 0 Å². The third-order valence-corrected chi connectivity index (χ3v) is 7.65. The zero-order valence-corrected chi connectivity index (χ0v) is 26.1. The van der Waals surface area contributed by atoms with Crippen molar-refractivity contribution >= 4 is 39.7 Å². The number of amides is 1. The number of likely N-dealkylation sites (tertiary alicyclic amines) is 1. The van der Waals surface area contributed by atoms with Gasteiger partial charge in [-0.25, -0.2) is 19.1 Å². The van der Waals surface area contributed by atoms with E-state index in [0.717, 1.165) is 16.6 Å². The number of benzene rings is 1. The molecule has 1 unspecified atom stereocenters. The Balaban J connectivity index is 1.27. The molecule has 13 nitrogen and oxygen atoms in total. The molecule has 0 aliphatic carbocycles. The summed E-state index contributed by atoms with van der Waals surface area (Å²) in [5.74, 6) is 1.20. The zero-order chi connectivity index (χ0) is 31.9. The number of carbonyl (C=O) groups is 1. The highest BCUT2D eigenvalue weighted by Crippen LogP contribution is 2.26. The molecule has 4 aromatic heterocycles. The average molecular weight is 612 g/mol. The third-order valence-electron chi connectivity index (χ3n) is 7.65. The van der Waals surface area contributed by atoms with Crippen LogP contribution in [0.1, 0.15) is 40.5 Å². The van der Waals surface area contributed by atoms with E-state index in [1.54, 1.807) is 38.7 Å². The second-order valence-electron chi connectivity index (χ2n) is 12.2. The summed E-state index contributed by atoms with van der Waals surface area (Å²) in [5.41, 5.74) is 1.37. The van der Waals surface area contributed by atoms with Gasteiger partial charge in [0.15, 0.2) is 11.5 Å². The molecular formula is C32H37N9O4. The summed E-state index contributed by atoms with van der Waals surface area (Å²) in [6, 6.07) is 11.2. The number of anilines is 2. The summed E-state index contributed by atoms with van der Waals surface area (Å²) >= 11 is 0. The first kappa shape index (κ1) is 29.9. The molecule has 6 rings (SSSR count). The molecule has 13 heteroatoms. The number of aryl methyl sites for hydroxylation is 1. The van der Waals surface area contributed by atoms with Gasteiger partial charge in [-0.1, -0.05) is 12.1 Å². The van der Waals surface area contributed by atoms with Crippen LogP contribution < -0.4 is 15.6 Å². The monoisotopic (exact) mass is 611 g/mol. The molecule has 1 aliphatic rings. The van der Waals surface area contributed by atoms with E-state index in [-0.39, 0.29) is 30.3 Å². The second-order valence-corrected chi connectivity index (χ2v) is 12.2. The van der Waals surface area contributed by atoms with Gasteiger partial charge in [0.2, 0.25) is 11.8 Å². The van der Waals surface area contributed by atoms with Gasteiger partial charge < -0.3 is 19.7 Å². The molecule has 1 aliphatic heterocycles. The molecule has 1 N–H and O–H groups in total. The van der Waals surface area contributed by atoms with Crippen LogP contribution in [-0.4, -0.2) is 69.4 Å². The Morgan fingerprint density at radius 1 is 1.18 bits per heavy atom. The van der Waals surface area contributed by atoms with Gasteiger partial charge in [-0.05, 0) is 52.0 Å². The Morgan fingerprint density at radius 2 is 2.00 bits per heavy atom. The number of carbonyl (C=O) groups excluding carboxylic acids is 1. The molecular weight excluding hydrogens is 574 g/mol. The van der Waals surface area contributed by atoms with Crippen molar-refractivity contribution in [2.45, 2.75) is 64.8 Å². The first-order valence-corrected chi connectivity index (χ1v) is 14.9. The van der Waals surface area contributed by atoms with Crippen molar-refractivity contribution < 1.29 is 14.3 Å². The van der Waals surface area contributed by atoms with Gasteiger partial charge in [-0.3, -0.25) is 9.48 Å². The molecule has 5 heterocycles. The van der Waals surface area contributed by atoms with Crippen LogP contribution >= 0.6 is 0 Å². The number of aromatic nitrogens is 7.